The molecule has 1 aromatic heterocycles. The van der Waals surface area contributed by atoms with Crippen LogP contribution in [0.4, 0.5) is 30.5 Å². The SMILES string of the molecule is Cc1cc(OC(=O)c2c(F)cc(NS(=O)(=O)CCO)cc2N2CC[C@@]3(C)C[C@H]3C2)nc(N2CCC(F)(F)CC2)n1. The number of hydrogen-bond donors (Lipinski definition) is 2. The molecule has 0 bridgehead atoms. The number of aryl methyl sites for hydroxylation is 1. The fourth-order valence-electron chi connectivity index (χ4n) is 5.41. The number of aliphatic hydroxyl groups excluding tert-OH is 1. The summed E-state index contributed by atoms with van der Waals surface area (Å²) < 4.78 is 75.0. The number of carbonyl (C=O) groups is 1. The monoisotopic (exact) mass is 583 g/mol. The van der Waals surface area contributed by atoms with Crippen LogP contribution >= 0.6 is 0 Å². The minimum absolute atomic E-state index is 0.0330. The number of aromatic nitrogens is 2. The normalized spacial score (nSPS) is 23.9. The maximum absolute atomic E-state index is 15.6. The zero-order chi connectivity index (χ0) is 28.9. The maximum atomic E-state index is 15.6. The molecule has 0 spiro atoms. The first-order valence-electron chi connectivity index (χ1n) is 13.2. The molecule has 1 aliphatic carbocycles. The Kier molecular flexibility index (Phi) is 7.36. The van der Waals surface area contributed by atoms with Crippen LogP contribution in [0.3, 0.4) is 0 Å². The molecule has 40 heavy (non-hydrogen) atoms. The van der Waals surface area contributed by atoms with E-state index in [2.05, 4.69) is 21.6 Å². The van der Waals surface area contributed by atoms with Crippen molar-refractivity contribution in [2.75, 3.05) is 53.1 Å². The number of nitrogens with one attached hydrogen (secondary N) is 1. The lowest BCUT2D eigenvalue weighted by Gasteiger charge is -2.33. The lowest BCUT2D eigenvalue weighted by molar-refractivity contribution is -0.0222. The van der Waals surface area contributed by atoms with Crippen molar-refractivity contribution in [2.24, 2.45) is 11.3 Å². The molecular formula is C26H32F3N5O5S. The van der Waals surface area contributed by atoms with Gasteiger partial charge in [-0.2, -0.15) is 4.98 Å². The van der Waals surface area contributed by atoms with E-state index in [4.69, 9.17) is 9.84 Å². The van der Waals surface area contributed by atoms with Gasteiger partial charge in [0, 0.05) is 50.8 Å². The highest BCUT2D eigenvalue weighted by atomic mass is 32.2. The first-order chi connectivity index (χ1) is 18.8. The largest absolute Gasteiger partial charge is 0.404 e. The van der Waals surface area contributed by atoms with Gasteiger partial charge in [0.2, 0.25) is 21.9 Å². The van der Waals surface area contributed by atoms with E-state index in [0.29, 0.717) is 24.7 Å². The van der Waals surface area contributed by atoms with Gasteiger partial charge in [0.25, 0.3) is 5.92 Å². The van der Waals surface area contributed by atoms with Crippen molar-refractivity contribution in [1.29, 1.82) is 0 Å². The molecule has 5 rings (SSSR count). The molecule has 3 aliphatic rings. The molecule has 2 saturated heterocycles. The summed E-state index contributed by atoms with van der Waals surface area (Å²) in [5.41, 5.74) is 0.380. The van der Waals surface area contributed by atoms with Crippen LogP contribution in [0.25, 0.3) is 0 Å². The molecule has 3 fully saturated rings. The highest BCUT2D eigenvalue weighted by Crippen LogP contribution is 2.58. The summed E-state index contributed by atoms with van der Waals surface area (Å²) in [6.45, 7) is 4.39. The van der Waals surface area contributed by atoms with E-state index in [1.54, 1.807) is 11.8 Å². The van der Waals surface area contributed by atoms with Crippen LogP contribution in [0.15, 0.2) is 18.2 Å². The summed E-state index contributed by atoms with van der Waals surface area (Å²) in [5.74, 6) is -5.00. The molecule has 0 radical (unpaired) electrons. The van der Waals surface area contributed by atoms with Crippen molar-refractivity contribution >= 4 is 33.3 Å². The molecule has 0 amide bonds. The number of carbonyl (C=O) groups excluding carboxylic acids is 1. The van der Waals surface area contributed by atoms with Gasteiger partial charge < -0.3 is 19.6 Å². The summed E-state index contributed by atoms with van der Waals surface area (Å²) >= 11 is 0. The average Bonchev–Trinajstić information content (AvgIpc) is 3.53. The van der Waals surface area contributed by atoms with E-state index in [1.807, 2.05) is 4.90 Å². The zero-order valence-corrected chi connectivity index (χ0v) is 23.1. The van der Waals surface area contributed by atoms with Crippen molar-refractivity contribution in [1.82, 2.24) is 9.97 Å². The number of nitrogens with zero attached hydrogens (tertiary/aromatic N) is 4. The van der Waals surface area contributed by atoms with Crippen LogP contribution in [0, 0.1) is 24.1 Å². The van der Waals surface area contributed by atoms with Crippen LogP contribution in [0.1, 0.15) is 48.7 Å². The van der Waals surface area contributed by atoms with Gasteiger partial charge in [0.05, 0.1) is 23.7 Å². The third-order valence-electron chi connectivity index (χ3n) is 7.97. The van der Waals surface area contributed by atoms with E-state index in [-0.39, 0.29) is 60.1 Å². The fraction of sp³-hybridized carbons (Fsp3) is 0.577. The van der Waals surface area contributed by atoms with Crippen molar-refractivity contribution in [3.05, 3.63) is 35.3 Å². The van der Waals surface area contributed by atoms with Gasteiger partial charge in [-0.3, -0.25) is 4.72 Å². The lowest BCUT2D eigenvalue weighted by atomic mass is 9.96. The number of esters is 1. The van der Waals surface area contributed by atoms with Crippen molar-refractivity contribution in [3.63, 3.8) is 0 Å². The highest BCUT2D eigenvalue weighted by Gasteiger charge is 2.53. The summed E-state index contributed by atoms with van der Waals surface area (Å²) in [5, 5.41) is 9.04. The summed E-state index contributed by atoms with van der Waals surface area (Å²) in [6.07, 6.45) is 1.15. The molecule has 2 aliphatic heterocycles. The van der Waals surface area contributed by atoms with Gasteiger partial charge in [-0.15, -0.1) is 0 Å². The van der Waals surface area contributed by atoms with E-state index in [0.717, 1.165) is 18.9 Å². The first-order valence-corrected chi connectivity index (χ1v) is 14.8. The van der Waals surface area contributed by atoms with Gasteiger partial charge in [0.1, 0.15) is 11.4 Å². The van der Waals surface area contributed by atoms with Gasteiger partial charge in [0.15, 0.2) is 0 Å². The topological polar surface area (TPSA) is 125 Å². The number of benzene rings is 1. The molecule has 14 heteroatoms. The number of ether oxygens (including phenoxy) is 1. The van der Waals surface area contributed by atoms with Crippen LogP contribution in [0.2, 0.25) is 0 Å². The second-order valence-electron chi connectivity index (χ2n) is 11.1. The van der Waals surface area contributed by atoms with Crippen LogP contribution < -0.4 is 19.3 Å². The Morgan fingerprint density at radius 3 is 2.52 bits per heavy atom. The average molecular weight is 584 g/mol. The van der Waals surface area contributed by atoms with Crippen LogP contribution in [0.5, 0.6) is 5.88 Å². The number of fused-ring (bicyclic) bond motifs is 1. The molecule has 218 valence electrons. The Balaban J connectivity index is 1.44. The number of aliphatic hydroxyl groups is 1. The van der Waals surface area contributed by atoms with Gasteiger partial charge in [-0.05, 0) is 43.2 Å². The zero-order valence-electron chi connectivity index (χ0n) is 22.3. The van der Waals surface area contributed by atoms with Crippen molar-refractivity contribution in [3.8, 4) is 5.88 Å². The van der Waals surface area contributed by atoms with Crippen molar-refractivity contribution in [2.45, 2.75) is 45.5 Å². The van der Waals surface area contributed by atoms with Crippen LogP contribution in [-0.2, 0) is 10.0 Å². The van der Waals surface area contributed by atoms with Crippen LogP contribution in [-0.4, -0.2) is 73.9 Å². The molecule has 1 aromatic carbocycles. The number of hydrogen-bond acceptors (Lipinski definition) is 9. The minimum Gasteiger partial charge on any atom is -0.404 e. The van der Waals surface area contributed by atoms with E-state index in [9.17, 15) is 22.0 Å². The number of alkyl halides is 2. The molecule has 2 N–H and O–H groups in total. The molecule has 0 unspecified atom stereocenters. The van der Waals surface area contributed by atoms with E-state index >= 15 is 4.39 Å². The molecule has 2 aromatic rings. The number of rotatable bonds is 8. The van der Waals surface area contributed by atoms with Gasteiger partial charge >= 0.3 is 5.97 Å². The predicted octanol–water partition coefficient (Wildman–Crippen LogP) is 3.35. The number of sulfonamides is 1. The predicted molar refractivity (Wildman–Crippen MR) is 142 cm³/mol. The highest BCUT2D eigenvalue weighted by molar-refractivity contribution is 7.92. The Bertz CT molecular complexity index is 1420. The lowest BCUT2D eigenvalue weighted by Crippen LogP contribution is -2.40. The quantitative estimate of drug-likeness (QED) is 0.450. The maximum Gasteiger partial charge on any atom is 0.350 e. The second kappa shape index (κ2) is 10.4. The fourth-order valence-corrected chi connectivity index (χ4v) is 6.23. The number of piperidine rings is 2. The molecular weight excluding hydrogens is 551 g/mol. The third kappa shape index (κ3) is 6.12. The first kappa shape index (κ1) is 28.4. The molecule has 3 heterocycles. The Morgan fingerprint density at radius 1 is 1.15 bits per heavy atom. The molecule has 1 saturated carbocycles. The van der Waals surface area contributed by atoms with Gasteiger partial charge in [-0.1, -0.05) is 6.92 Å². The Hall–Kier alpha value is -3.13. The van der Waals surface area contributed by atoms with E-state index < -0.39 is 40.1 Å². The Morgan fingerprint density at radius 2 is 1.85 bits per heavy atom. The summed E-state index contributed by atoms with van der Waals surface area (Å²) in [6, 6.07) is 3.68. The van der Waals surface area contributed by atoms with Gasteiger partial charge in [-0.25, -0.2) is 31.4 Å². The minimum atomic E-state index is -3.94. The van der Waals surface area contributed by atoms with E-state index in [1.165, 1.54) is 12.1 Å². The smallest absolute Gasteiger partial charge is 0.350 e. The van der Waals surface area contributed by atoms with Crippen molar-refractivity contribution < 1.29 is 36.2 Å². The standard InChI is InChI=1S/C26H32F3N5O5S/c1-16-11-21(31-24(30-16)33-7-4-26(28,29)5-8-33)39-23(36)22-19(27)12-18(32-40(37,38)10-9-35)13-20(22)34-6-3-25(2)14-17(25)15-34/h11-13,17,32,35H,3-10,14-15H2,1-2H3/t17-,25-/m0/s1. The summed E-state index contributed by atoms with van der Waals surface area (Å²) in [7, 11) is -3.94. The number of halogens is 3. The second-order valence-corrected chi connectivity index (χ2v) is 13.0. The Labute approximate surface area is 230 Å². The molecule has 10 nitrogen and oxygen atoms in total. The third-order valence-corrected chi connectivity index (χ3v) is 9.24. The summed E-state index contributed by atoms with van der Waals surface area (Å²) in [4.78, 5) is 25.4. The number of anilines is 3. The molecule has 2 atom stereocenters.